The van der Waals surface area contributed by atoms with E-state index >= 15 is 0 Å². The molecule has 0 amide bonds. The third-order valence-electron chi connectivity index (χ3n) is 8.58. The molecule has 0 aliphatic carbocycles. The Labute approximate surface area is 265 Å². The average molecular weight is 575 g/mol. The zero-order valence-corrected chi connectivity index (χ0v) is 27.7. The van der Waals surface area contributed by atoms with Crippen LogP contribution in [0.25, 0.3) is 32.3 Å². The predicted molar refractivity (Wildman–Crippen MR) is 196 cm³/mol. The van der Waals surface area contributed by atoms with Gasteiger partial charge in [0.15, 0.2) is 0 Å². The van der Waals surface area contributed by atoms with Crippen molar-refractivity contribution in [3.05, 3.63) is 178 Å². The van der Waals surface area contributed by atoms with Crippen LogP contribution >= 0.6 is 0 Å². The smallest absolute Gasteiger partial charge is 0.0125 e. The minimum absolute atomic E-state index is 1.33. The van der Waals surface area contributed by atoms with Crippen LogP contribution in [0.5, 0.6) is 0 Å². The van der Waals surface area contributed by atoms with Gasteiger partial charge in [-0.15, -0.1) is 0 Å². The van der Waals surface area contributed by atoms with Gasteiger partial charge in [0.1, 0.15) is 0 Å². The van der Waals surface area contributed by atoms with Crippen LogP contribution < -0.4 is 0 Å². The first-order valence-corrected chi connectivity index (χ1v) is 15.5. The zero-order chi connectivity index (χ0) is 31.6. The Morgan fingerprint density at radius 1 is 0.273 bits per heavy atom. The van der Waals surface area contributed by atoms with E-state index in [9.17, 15) is 0 Å². The Bertz CT molecular complexity index is 1880. The highest BCUT2D eigenvalue weighted by Gasteiger charge is 1.99. The predicted octanol–water partition coefficient (Wildman–Crippen LogP) is 12.7. The van der Waals surface area contributed by atoms with Gasteiger partial charge in [-0.3, -0.25) is 0 Å². The van der Waals surface area contributed by atoms with Gasteiger partial charge in [-0.05, 0) is 132 Å². The SMILES string of the molecule is Cc1cc2ccccc2cc1C.Cc1ccc2ccccc2c1C.Cc1cccc2cccc(C)c12.Cc1ccccc1C. The molecule has 0 radical (unpaired) electrons. The van der Waals surface area contributed by atoms with E-state index in [1.165, 1.54) is 76.8 Å². The molecule has 0 heteroatoms. The summed E-state index contributed by atoms with van der Waals surface area (Å²) in [5.41, 5.74) is 11.0. The Kier molecular flexibility index (Phi) is 11.1. The van der Waals surface area contributed by atoms with Crippen LogP contribution in [0.4, 0.5) is 0 Å². The maximum absolute atomic E-state index is 2.24. The maximum Gasteiger partial charge on any atom is -0.0125 e. The molecule has 0 aromatic heterocycles. The third-order valence-corrected chi connectivity index (χ3v) is 8.58. The number of aryl methyl sites for hydroxylation is 8. The second-order valence-corrected chi connectivity index (χ2v) is 11.8. The Hall–Kier alpha value is -4.68. The lowest BCUT2D eigenvalue weighted by Crippen LogP contribution is -1.82. The molecule has 0 unspecified atom stereocenters. The fourth-order valence-corrected chi connectivity index (χ4v) is 5.41. The fraction of sp³-hybridized carbons (Fsp3) is 0.182. The van der Waals surface area contributed by atoms with E-state index in [0.717, 1.165) is 0 Å². The van der Waals surface area contributed by atoms with Crippen molar-refractivity contribution < 1.29 is 0 Å². The summed E-state index contributed by atoms with van der Waals surface area (Å²) in [6.45, 7) is 17.2. The van der Waals surface area contributed by atoms with Crippen LogP contribution in [0.2, 0.25) is 0 Å². The summed E-state index contributed by atoms with van der Waals surface area (Å²) in [7, 11) is 0. The quantitative estimate of drug-likeness (QED) is 0.169. The van der Waals surface area contributed by atoms with Crippen LogP contribution in [0, 0.1) is 55.4 Å². The normalized spacial score (nSPS) is 10.3. The highest BCUT2D eigenvalue weighted by Crippen LogP contribution is 2.22. The van der Waals surface area contributed by atoms with Crippen molar-refractivity contribution in [2.75, 3.05) is 0 Å². The van der Waals surface area contributed by atoms with Crippen molar-refractivity contribution in [1.82, 2.24) is 0 Å². The van der Waals surface area contributed by atoms with E-state index < -0.39 is 0 Å². The van der Waals surface area contributed by atoms with Crippen LogP contribution in [0.15, 0.2) is 133 Å². The molecule has 0 aliphatic rings. The molecule has 7 aromatic carbocycles. The lowest BCUT2D eigenvalue weighted by Gasteiger charge is -2.04. The maximum atomic E-state index is 2.24. The largest absolute Gasteiger partial charge is 0.0620 e. The van der Waals surface area contributed by atoms with Gasteiger partial charge >= 0.3 is 0 Å². The van der Waals surface area contributed by atoms with Crippen molar-refractivity contribution in [3.63, 3.8) is 0 Å². The monoisotopic (exact) mass is 574 g/mol. The number of hydrogen-bond acceptors (Lipinski definition) is 0. The van der Waals surface area contributed by atoms with Gasteiger partial charge in [0.05, 0.1) is 0 Å². The summed E-state index contributed by atoms with van der Waals surface area (Å²) in [6, 6.07) is 47.0. The van der Waals surface area contributed by atoms with E-state index in [1.54, 1.807) is 0 Å². The Balaban J connectivity index is 0.000000135. The minimum Gasteiger partial charge on any atom is -0.0620 e. The van der Waals surface area contributed by atoms with Crippen LogP contribution in [0.1, 0.15) is 44.5 Å². The van der Waals surface area contributed by atoms with Gasteiger partial charge in [0.2, 0.25) is 0 Å². The molecule has 0 saturated carbocycles. The third kappa shape index (κ3) is 8.23. The van der Waals surface area contributed by atoms with Crippen molar-refractivity contribution in [2.45, 2.75) is 55.4 Å². The zero-order valence-electron chi connectivity index (χ0n) is 27.7. The van der Waals surface area contributed by atoms with E-state index in [2.05, 4.69) is 189 Å². The number of benzene rings is 7. The molecular formula is C44H46. The molecule has 7 rings (SSSR count). The van der Waals surface area contributed by atoms with Crippen molar-refractivity contribution >= 4 is 32.3 Å². The highest BCUT2D eigenvalue weighted by atomic mass is 14.0. The second kappa shape index (κ2) is 15.2. The molecular weight excluding hydrogens is 528 g/mol. The average Bonchev–Trinajstić information content (AvgIpc) is 3.02. The first-order chi connectivity index (χ1) is 21.2. The first kappa shape index (κ1) is 32.2. The van der Waals surface area contributed by atoms with Gasteiger partial charge < -0.3 is 0 Å². The van der Waals surface area contributed by atoms with E-state index in [-0.39, 0.29) is 0 Å². The van der Waals surface area contributed by atoms with Gasteiger partial charge in [-0.1, -0.05) is 133 Å². The van der Waals surface area contributed by atoms with Gasteiger partial charge in [-0.2, -0.15) is 0 Å². The number of fused-ring (bicyclic) bond motifs is 3. The minimum atomic E-state index is 1.33. The molecule has 44 heavy (non-hydrogen) atoms. The lowest BCUT2D eigenvalue weighted by molar-refractivity contribution is 1.34. The summed E-state index contributed by atoms with van der Waals surface area (Å²) in [5, 5.41) is 8.12. The second-order valence-electron chi connectivity index (χ2n) is 11.8. The van der Waals surface area contributed by atoms with Crippen LogP contribution in [-0.2, 0) is 0 Å². The van der Waals surface area contributed by atoms with Crippen LogP contribution in [0.3, 0.4) is 0 Å². The summed E-state index contributed by atoms with van der Waals surface area (Å²) >= 11 is 0. The molecule has 0 bridgehead atoms. The van der Waals surface area contributed by atoms with Gasteiger partial charge in [0.25, 0.3) is 0 Å². The molecule has 0 saturated heterocycles. The molecule has 0 atom stereocenters. The number of rotatable bonds is 0. The number of hydrogen-bond donors (Lipinski definition) is 0. The molecule has 7 aromatic rings. The topological polar surface area (TPSA) is 0 Å². The molecule has 0 aliphatic heterocycles. The molecule has 0 nitrogen and oxygen atoms in total. The highest BCUT2D eigenvalue weighted by molar-refractivity contribution is 5.88. The molecule has 0 fully saturated rings. The van der Waals surface area contributed by atoms with Gasteiger partial charge in [0, 0.05) is 0 Å². The molecule has 0 N–H and O–H groups in total. The summed E-state index contributed by atoms with van der Waals surface area (Å²) < 4.78 is 0. The Morgan fingerprint density at radius 3 is 1.16 bits per heavy atom. The van der Waals surface area contributed by atoms with Crippen molar-refractivity contribution in [1.29, 1.82) is 0 Å². The molecule has 0 heterocycles. The lowest BCUT2D eigenvalue weighted by atomic mass is 10.0. The van der Waals surface area contributed by atoms with Crippen molar-refractivity contribution in [2.24, 2.45) is 0 Å². The van der Waals surface area contributed by atoms with E-state index in [4.69, 9.17) is 0 Å². The van der Waals surface area contributed by atoms with Crippen molar-refractivity contribution in [3.8, 4) is 0 Å². The summed E-state index contributed by atoms with van der Waals surface area (Å²) in [5.74, 6) is 0. The summed E-state index contributed by atoms with van der Waals surface area (Å²) in [6.07, 6.45) is 0. The van der Waals surface area contributed by atoms with Gasteiger partial charge in [-0.25, -0.2) is 0 Å². The molecule has 222 valence electrons. The Morgan fingerprint density at radius 2 is 0.682 bits per heavy atom. The standard InChI is InChI=1S/3C12H12.C8H10/c1-9-5-3-7-11-8-4-6-10(2)12(9)11;1-9-7-11-5-3-4-6-12(11)8-10(9)2;1-9-7-8-11-5-3-4-6-12(11)10(9)2;1-7-5-3-4-6-8(7)2/h3*3-8H,1-2H3;3-6H,1-2H3. The fourth-order valence-electron chi connectivity index (χ4n) is 5.41. The summed E-state index contributed by atoms with van der Waals surface area (Å²) in [4.78, 5) is 0. The van der Waals surface area contributed by atoms with Crippen LogP contribution in [-0.4, -0.2) is 0 Å². The van der Waals surface area contributed by atoms with E-state index in [1.807, 2.05) is 0 Å². The molecule has 0 spiro atoms. The van der Waals surface area contributed by atoms with E-state index in [0.29, 0.717) is 0 Å². The first-order valence-electron chi connectivity index (χ1n) is 15.5.